The Labute approximate surface area is 86.8 Å². The third-order valence-corrected chi connectivity index (χ3v) is 3.34. The third-order valence-electron chi connectivity index (χ3n) is 2.94. The lowest BCUT2D eigenvalue weighted by molar-refractivity contribution is 0.0262. The molecule has 3 unspecified atom stereocenters. The summed E-state index contributed by atoms with van der Waals surface area (Å²) in [5.41, 5.74) is 0. The van der Waals surface area contributed by atoms with Gasteiger partial charge in [-0.3, -0.25) is 0 Å². The highest BCUT2D eigenvalue weighted by molar-refractivity contribution is 6.20. The Balaban J connectivity index is 2.29. The Kier molecular flexibility index (Phi) is 4.54. The van der Waals surface area contributed by atoms with Crippen LogP contribution in [0.2, 0.25) is 0 Å². The second kappa shape index (κ2) is 5.21. The Bertz CT molecular complexity index is 147. The second-order valence-electron chi connectivity index (χ2n) is 4.53. The largest absolute Gasteiger partial charge is 0.378 e. The van der Waals surface area contributed by atoms with E-state index >= 15 is 0 Å². The molecule has 0 radical (unpaired) electrons. The molecule has 1 nitrogen and oxygen atoms in total. The Morgan fingerprint density at radius 3 is 2.69 bits per heavy atom. The molecule has 0 heterocycles. The molecule has 0 bridgehead atoms. The molecule has 0 aromatic rings. The van der Waals surface area contributed by atoms with Gasteiger partial charge in [0.1, 0.15) is 0 Å². The van der Waals surface area contributed by atoms with Crippen molar-refractivity contribution in [3.05, 3.63) is 0 Å². The third kappa shape index (κ3) is 3.86. The van der Waals surface area contributed by atoms with Crippen LogP contribution in [0.15, 0.2) is 0 Å². The molecule has 2 heteroatoms. The maximum absolute atomic E-state index is 6.14. The van der Waals surface area contributed by atoms with Gasteiger partial charge in [0, 0.05) is 5.38 Å². The van der Waals surface area contributed by atoms with Crippen LogP contribution in [0.3, 0.4) is 0 Å². The smallest absolute Gasteiger partial charge is 0.0519 e. The average molecular weight is 205 g/mol. The van der Waals surface area contributed by atoms with Crippen LogP contribution >= 0.6 is 11.6 Å². The summed E-state index contributed by atoms with van der Waals surface area (Å²) in [6.07, 6.45) is 3.93. The topological polar surface area (TPSA) is 9.23 Å². The first kappa shape index (κ1) is 11.3. The van der Waals surface area contributed by atoms with Crippen LogP contribution in [0.1, 0.15) is 40.0 Å². The molecule has 13 heavy (non-hydrogen) atoms. The summed E-state index contributed by atoms with van der Waals surface area (Å²) in [4.78, 5) is 0. The van der Waals surface area contributed by atoms with E-state index < -0.39 is 0 Å². The summed E-state index contributed by atoms with van der Waals surface area (Å²) in [7, 11) is 0. The predicted octanol–water partition coefficient (Wildman–Crippen LogP) is 3.46. The zero-order chi connectivity index (χ0) is 9.84. The van der Waals surface area contributed by atoms with Gasteiger partial charge >= 0.3 is 0 Å². The molecule has 3 atom stereocenters. The van der Waals surface area contributed by atoms with Gasteiger partial charge in [-0.2, -0.15) is 0 Å². The zero-order valence-electron chi connectivity index (χ0n) is 8.92. The molecule has 0 saturated heterocycles. The summed E-state index contributed by atoms with van der Waals surface area (Å²) in [5, 5.41) is 0.386. The number of hydrogen-bond acceptors (Lipinski definition) is 1. The van der Waals surface area contributed by atoms with Crippen molar-refractivity contribution in [1.29, 1.82) is 0 Å². The van der Waals surface area contributed by atoms with E-state index in [2.05, 4.69) is 20.8 Å². The minimum Gasteiger partial charge on any atom is -0.378 e. The number of rotatable bonds is 3. The predicted molar refractivity (Wildman–Crippen MR) is 57.2 cm³/mol. The number of alkyl halides is 1. The van der Waals surface area contributed by atoms with Gasteiger partial charge in [0.25, 0.3) is 0 Å². The molecule has 78 valence electrons. The van der Waals surface area contributed by atoms with Gasteiger partial charge in [0.05, 0.1) is 12.7 Å². The quantitative estimate of drug-likeness (QED) is 0.640. The fraction of sp³-hybridized carbons (Fsp3) is 1.00. The SMILES string of the molecule is CC(C)OCC1CC(Cl)CCC1C. The molecule has 0 amide bonds. The molecule has 0 aromatic heterocycles. The van der Waals surface area contributed by atoms with Crippen LogP contribution in [0.4, 0.5) is 0 Å². The van der Waals surface area contributed by atoms with Crippen molar-refractivity contribution in [3.8, 4) is 0 Å². The molecule has 1 aliphatic rings. The summed E-state index contributed by atoms with van der Waals surface area (Å²) in [5.74, 6) is 1.47. The monoisotopic (exact) mass is 204 g/mol. The molecule has 0 spiro atoms. The van der Waals surface area contributed by atoms with Crippen LogP contribution in [0, 0.1) is 11.8 Å². The van der Waals surface area contributed by atoms with Crippen molar-refractivity contribution in [2.75, 3.05) is 6.61 Å². The van der Waals surface area contributed by atoms with Gasteiger partial charge in [-0.1, -0.05) is 6.92 Å². The highest BCUT2D eigenvalue weighted by Crippen LogP contribution is 2.32. The first-order valence-electron chi connectivity index (χ1n) is 5.35. The van der Waals surface area contributed by atoms with E-state index in [9.17, 15) is 0 Å². The molecular weight excluding hydrogens is 184 g/mol. The minimum absolute atomic E-state index is 0.350. The van der Waals surface area contributed by atoms with E-state index in [-0.39, 0.29) is 0 Å². The molecule has 0 aromatic carbocycles. The standard InChI is InChI=1S/C11H21ClO/c1-8(2)13-7-10-6-11(12)5-4-9(10)3/h8-11H,4-7H2,1-3H3. The summed E-state index contributed by atoms with van der Waals surface area (Å²) in [6, 6.07) is 0. The van der Waals surface area contributed by atoms with E-state index in [1.165, 1.54) is 12.8 Å². The van der Waals surface area contributed by atoms with Gasteiger partial charge in [-0.05, 0) is 44.9 Å². The van der Waals surface area contributed by atoms with Gasteiger partial charge < -0.3 is 4.74 Å². The maximum Gasteiger partial charge on any atom is 0.0519 e. The van der Waals surface area contributed by atoms with Gasteiger partial charge in [0.2, 0.25) is 0 Å². The number of hydrogen-bond donors (Lipinski definition) is 0. The van der Waals surface area contributed by atoms with E-state index in [0.29, 0.717) is 17.4 Å². The number of halogens is 1. The summed E-state index contributed by atoms with van der Waals surface area (Å²) >= 11 is 6.14. The molecule has 0 aliphatic heterocycles. The van der Waals surface area contributed by atoms with Crippen molar-refractivity contribution in [2.45, 2.75) is 51.5 Å². The van der Waals surface area contributed by atoms with Crippen LogP contribution < -0.4 is 0 Å². The highest BCUT2D eigenvalue weighted by atomic mass is 35.5. The zero-order valence-corrected chi connectivity index (χ0v) is 9.68. The normalized spacial score (nSPS) is 35.3. The molecule has 1 aliphatic carbocycles. The van der Waals surface area contributed by atoms with Crippen molar-refractivity contribution < 1.29 is 4.74 Å². The summed E-state index contributed by atoms with van der Waals surface area (Å²) in [6.45, 7) is 7.39. The minimum atomic E-state index is 0.350. The lowest BCUT2D eigenvalue weighted by atomic mass is 9.81. The van der Waals surface area contributed by atoms with E-state index in [1.54, 1.807) is 0 Å². The van der Waals surface area contributed by atoms with Crippen molar-refractivity contribution in [1.82, 2.24) is 0 Å². The highest BCUT2D eigenvalue weighted by Gasteiger charge is 2.26. The van der Waals surface area contributed by atoms with E-state index in [0.717, 1.165) is 18.9 Å². The first-order valence-corrected chi connectivity index (χ1v) is 5.79. The Hall–Kier alpha value is 0.250. The van der Waals surface area contributed by atoms with E-state index in [1.807, 2.05) is 0 Å². The van der Waals surface area contributed by atoms with E-state index in [4.69, 9.17) is 16.3 Å². The molecule has 0 N–H and O–H groups in total. The van der Waals surface area contributed by atoms with Gasteiger partial charge in [0.15, 0.2) is 0 Å². The van der Waals surface area contributed by atoms with Crippen molar-refractivity contribution in [3.63, 3.8) is 0 Å². The average Bonchev–Trinajstić information content (AvgIpc) is 2.06. The molecule has 1 rings (SSSR count). The lowest BCUT2D eigenvalue weighted by Gasteiger charge is -2.31. The maximum atomic E-state index is 6.14. The van der Waals surface area contributed by atoms with Crippen molar-refractivity contribution in [2.24, 2.45) is 11.8 Å². The Morgan fingerprint density at radius 1 is 1.38 bits per heavy atom. The fourth-order valence-electron chi connectivity index (χ4n) is 1.91. The van der Waals surface area contributed by atoms with Gasteiger partial charge in [-0.15, -0.1) is 11.6 Å². The lowest BCUT2D eigenvalue weighted by Crippen LogP contribution is -2.28. The van der Waals surface area contributed by atoms with Crippen LogP contribution in [0.5, 0.6) is 0 Å². The van der Waals surface area contributed by atoms with Crippen molar-refractivity contribution >= 4 is 11.6 Å². The second-order valence-corrected chi connectivity index (χ2v) is 5.15. The number of ether oxygens (including phenoxy) is 1. The Morgan fingerprint density at radius 2 is 2.08 bits per heavy atom. The van der Waals surface area contributed by atoms with Crippen LogP contribution in [-0.4, -0.2) is 18.1 Å². The first-order chi connectivity index (χ1) is 6.09. The molecule has 1 saturated carbocycles. The van der Waals surface area contributed by atoms with Gasteiger partial charge in [-0.25, -0.2) is 0 Å². The summed E-state index contributed by atoms with van der Waals surface area (Å²) < 4.78 is 5.64. The van der Waals surface area contributed by atoms with Crippen LogP contribution in [0.25, 0.3) is 0 Å². The fourth-order valence-corrected chi connectivity index (χ4v) is 2.26. The molecule has 1 fully saturated rings. The molecular formula is C11H21ClO. The van der Waals surface area contributed by atoms with Crippen LogP contribution in [-0.2, 0) is 4.74 Å².